The maximum Gasteiger partial charge on any atom is 0.417 e. The normalized spacial score (nSPS) is 16.7. The van der Waals surface area contributed by atoms with Crippen molar-refractivity contribution in [3.05, 3.63) is 35.4 Å². The topological polar surface area (TPSA) is 87.7 Å². The van der Waals surface area contributed by atoms with Crippen LogP contribution in [0.3, 0.4) is 0 Å². The van der Waals surface area contributed by atoms with Gasteiger partial charge in [-0.15, -0.1) is 10.2 Å². The molecule has 2 aromatic rings. The Balaban J connectivity index is 1.27. The van der Waals surface area contributed by atoms with E-state index >= 15 is 0 Å². The highest BCUT2D eigenvalue weighted by atomic mass is 32.1. The van der Waals surface area contributed by atoms with Gasteiger partial charge in [-0.1, -0.05) is 36.3 Å². The molecule has 0 radical (unpaired) electrons. The molecule has 2 heterocycles. The van der Waals surface area contributed by atoms with E-state index in [0.29, 0.717) is 30.0 Å². The minimum atomic E-state index is -4.59. The van der Waals surface area contributed by atoms with Gasteiger partial charge in [-0.2, -0.15) is 13.2 Å². The molecule has 0 atom stereocenters. The van der Waals surface area contributed by atoms with Gasteiger partial charge in [0.15, 0.2) is 0 Å². The van der Waals surface area contributed by atoms with E-state index < -0.39 is 17.6 Å². The molecule has 0 spiro atoms. The molecule has 12 heteroatoms. The maximum atomic E-state index is 13.2. The summed E-state index contributed by atoms with van der Waals surface area (Å²) in [5.74, 6) is -0.198. The largest absolute Gasteiger partial charge is 0.417 e. The van der Waals surface area contributed by atoms with Crippen LogP contribution in [-0.2, 0) is 15.7 Å². The summed E-state index contributed by atoms with van der Waals surface area (Å²) in [7, 11) is 0. The first-order valence-electron chi connectivity index (χ1n) is 10.7. The number of anilines is 2. The van der Waals surface area contributed by atoms with Crippen molar-refractivity contribution < 1.29 is 27.5 Å². The van der Waals surface area contributed by atoms with Gasteiger partial charge in [-0.05, 0) is 24.5 Å². The van der Waals surface area contributed by atoms with Crippen molar-refractivity contribution in [3.63, 3.8) is 0 Å². The van der Waals surface area contributed by atoms with Crippen molar-refractivity contribution in [2.24, 2.45) is 5.92 Å². The van der Waals surface area contributed by atoms with Crippen molar-refractivity contribution in [1.82, 2.24) is 15.1 Å². The molecule has 1 aliphatic carbocycles. The predicted molar refractivity (Wildman–Crippen MR) is 116 cm³/mol. The van der Waals surface area contributed by atoms with E-state index in [1.807, 2.05) is 4.90 Å². The third kappa shape index (κ3) is 6.20. The van der Waals surface area contributed by atoms with Crippen LogP contribution in [-0.4, -0.2) is 66.3 Å². The van der Waals surface area contributed by atoms with Gasteiger partial charge in [0.25, 0.3) is 11.8 Å². The summed E-state index contributed by atoms with van der Waals surface area (Å²) in [6, 6.07) is 4.81. The van der Waals surface area contributed by atoms with E-state index in [2.05, 4.69) is 15.5 Å². The Morgan fingerprint density at radius 3 is 2.55 bits per heavy atom. The van der Waals surface area contributed by atoms with Crippen LogP contribution in [0.25, 0.3) is 0 Å². The maximum absolute atomic E-state index is 13.2. The standard InChI is InChI=1S/C21H24F3N5O3S/c22-21(23,24)16-4-2-1-3-15(16)18(31)28-8-10-29(11-9-28)20-27-26-19(33-20)25-17(30)13-32-12-7-14-5-6-14/h1-4,14H,5-13H2,(H,25,26,30). The number of alkyl halides is 3. The summed E-state index contributed by atoms with van der Waals surface area (Å²) in [5.41, 5.74) is -1.28. The van der Waals surface area contributed by atoms with Crippen molar-refractivity contribution in [1.29, 1.82) is 0 Å². The Morgan fingerprint density at radius 1 is 1.12 bits per heavy atom. The molecule has 1 aromatic heterocycles. The molecule has 1 N–H and O–H groups in total. The Labute approximate surface area is 192 Å². The number of rotatable bonds is 8. The Morgan fingerprint density at radius 2 is 1.85 bits per heavy atom. The molecule has 1 aromatic carbocycles. The number of carbonyl (C=O) groups is 2. The van der Waals surface area contributed by atoms with Gasteiger partial charge < -0.3 is 14.5 Å². The summed E-state index contributed by atoms with van der Waals surface area (Å²) in [4.78, 5) is 28.0. The first-order valence-corrected chi connectivity index (χ1v) is 11.5. The number of nitrogens with zero attached hydrogens (tertiary/aromatic N) is 4. The molecule has 1 aliphatic heterocycles. The monoisotopic (exact) mass is 483 g/mol. The van der Waals surface area contributed by atoms with E-state index in [-0.39, 0.29) is 31.2 Å². The van der Waals surface area contributed by atoms with E-state index in [1.54, 1.807) is 0 Å². The Bertz CT molecular complexity index is 988. The number of ether oxygens (including phenoxy) is 1. The molecule has 0 unspecified atom stereocenters. The number of carbonyl (C=O) groups excluding carboxylic acids is 2. The van der Waals surface area contributed by atoms with Gasteiger partial charge in [-0.25, -0.2) is 0 Å². The molecular formula is C21H24F3N5O3S. The summed E-state index contributed by atoms with van der Waals surface area (Å²) in [6.07, 6.45) is -1.13. The SMILES string of the molecule is O=C(COCCC1CC1)Nc1nnc(N2CCN(C(=O)c3ccccc3C(F)(F)F)CC2)s1. The average molecular weight is 484 g/mol. The van der Waals surface area contributed by atoms with Gasteiger partial charge in [0.05, 0.1) is 11.1 Å². The molecule has 2 aliphatic rings. The van der Waals surface area contributed by atoms with Crippen molar-refractivity contribution in [2.75, 3.05) is 49.6 Å². The molecule has 1 saturated carbocycles. The lowest BCUT2D eigenvalue weighted by Crippen LogP contribution is -2.49. The van der Waals surface area contributed by atoms with Crippen LogP contribution in [0.1, 0.15) is 35.2 Å². The van der Waals surface area contributed by atoms with E-state index in [9.17, 15) is 22.8 Å². The average Bonchev–Trinajstić information content (AvgIpc) is 3.52. The lowest BCUT2D eigenvalue weighted by atomic mass is 10.1. The number of halogens is 3. The van der Waals surface area contributed by atoms with Crippen LogP contribution in [0.2, 0.25) is 0 Å². The van der Waals surface area contributed by atoms with Gasteiger partial charge in [0.1, 0.15) is 6.61 Å². The molecule has 0 bridgehead atoms. The van der Waals surface area contributed by atoms with Gasteiger partial charge in [-0.3, -0.25) is 14.9 Å². The molecule has 8 nitrogen and oxygen atoms in total. The number of amides is 2. The number of hydrogen-bond donors (Lipinski definition) is 1. The van der Waals surface area contributed by atoms with Crippen LogP contribution in [0, 0.1) is 5.92 Å². The summed E-state index contributed by atoms with van der Waals surface area (Å²) in [5, 5.41) is 11.6. The minimum absolute atomic E-state index is 0.0399. The number of aromatic nitrogens is 2. The van der Waals surface area contributed by atoms with Crippen LogP contribution in [0.5, 0.6) is 0 Å². The van der Waals surface area contributed by atoms with Gasteiger partial charge in [0, 0.05) is 32.8 Å². The van der Waals surface area contributed by atoms with E-state index in [4.69, 9.17) is 4.74 Å². The highest BCUT2D eigenvalue weighted by Crippen LogP contribution is 2.33. The van der Waals surface area contributed by atoms with Crippen molar-refractivity contribution in [2.45, 2.75) is 25.4 Å². The molecule has 4 rings (SSSR count). The lowest BCUT2D eigenvalue weighted by molar-refractivity contribution is -0.138. The molecule has 33 heavy (non-hydrogen) atoms. The van der Waals surface area contributed by atoms with Crippen LogP contribution in [0.4, 0.5) is 23.4 Å². The molecule has 1 saturated heterocycles. The zero-order valence-electron chi connectivity index (χ0n) is 17.8. The van der Waals surface area contributed by atoms with Crippen molar-refractivity contribution in [3.8, 4) is 0 Å². The second-order valence-electron chi connectivity index (χ2n) is 8.05. The minimum Gasteiger partial charge on any atom is -0.372 e. The Hall–Kier alpha value is -2.73. The molecular weight excluding hydrogens is 459 g/mol. The second kappa shape index (κ2) is 10.0. The smallest absolute Gasteiger partial charge is 0.372 e. The quantitative estimate of drug-likeness (QED) is 0.580. The fraction of sp³-hybridized carbons (Fsp3) is 0.524. The number of piperazine rings is 1. The van der Waals surface area contributed by atoms with Crippen molar-refractivity contribution >= 4 is 33.4 Å². The highest BCUT2D eigenvalue weighted by Gasteiger charge is 2.36. The third-order valence-corrected chi connectivity index (χ3v) is 6.46. The lowest BCUT2D eigenvalue weighted by Gasteiger charge is -2.34. The van der Waals surface area contributed by atoms with Crippen LogP contribution >= 0.6 is 11.3 Å². The number of benzene rings is 1. The first kappa shape index (κ1) is 23.4. The summed E-state index contributed by atoms with van der Waals surface area (Å²) < 4.78 is 45.1. The summed E-state index contributed by atoms with van der Waals surface area (Å²) in [6.45, 7) is 1.82. The van der Waals surface area contributed by atoms with E-state index in [1.165, 1.54) is 47.3 Å². The second-order valence-corrected chi connectivity index (χ2v) is 9.00. The number of hydrogen-bond acceptors (Lipinski definition) is 7. The first-order chi connectivity index (χ1) is 15.8. The zero-order valence-corrected chi connectivity index (χ0v) is 18.6. The van der Waals surface area contributed by atoms with E-state index in [0.717, 1.165) is 18.4 Å². The predicted octanol–water partition coefficient (Wildman–Crippen LogP) is 3.27. The third-order valence-electron chi connectivity index (χ3n) is 5.56. The highest BCUT2D eigenvalue weighted by molar-refractivity contribution is 7.19. The Kier molecular flexibility index (Phi) is 7.13. The zero-order chi connectivity index (χ0) is 23.4. The summed E-state index contributed by atoms with van der Waals surface area (Å²) >= 11 is 1.20. The molecule has 2 fully saturated rings. The fourth-order valence-electron chi connectivity index (χ4n) is 3.56. The fourth-order valence-corrected chi connectivity index (χ4v) is 4.37. The number of nitrogens with one attached hydrogen (secondary N) is 1. The van der Waals surface area contributed by atoms with Gasteiger partial charge >= 0.3 is 6.18 Å². The van der Waals surface area contributed by atoms with Crippen LogP contribution in [0.15, 0.2) is 24.3 Å². The molecule has 178 valence electrons. The van der Waals surface area contributed by atoms with Crippen LogP contribution < -0.4 is 10.2 Å². The molecule has 2 amide bonds. The van der Waals surface area contributed by atoms with Gasteiger partial charge in [0.2, 0.25) is 10.3 Å².